The van der Waals surface area contributed by atoms with E-state index in [9.17, 15) is 0 Å². The van der Waals surface area contributed by atoms with Gasteiger partial charge in [0.1, 0.15) is 0 Å². The summed E-state index contributed by atoms with van der Waals surface area (Å²) in [6.45, 7) is 4.45. The van der Waals surface area contributed by atoms with Gasteiger partial charge in [-0.1, -0.05) is 123 Å². The van der Waals surface area contributed by atoms with Crippen molar-refractivity contribution in [2.45, 2.75) is 26.7 Å². The molecule has 7 aromatic rings. The van der Waals surface area contributed by atoms with Crippen molar-refractivity contribution >= 4 is 32.3 Å². The molecule has 0 fully saturated rings. The monoisotopic (exact) mass is 510 g/mol. The van der Waals surface area contributed by atoms with E-state index < -0.39 is 0 Å². The molecule has 0 heteroatoms. The molecule has 190 valence electrons. The lowest BCUT2D eigenvalue weighted by molar-refractivity contribution is 1.14. The maximum absolute atomic E-state index is 2.43. The van der Waals surface area contributed by atoms with Gasteiger partial charge in [-0.15, -0.1) is 0 Å². The van der Waals surface area contributed by atoms with Gasteiger partial charge in [0.05, 0.1) is 0 Å². The SMILES string of the molecule is CCc1ccc(-c2c3c(c(-c4ccc(CC)cc4)c4cc5ccccc5cc24)-c2cccc4cccc-3c24)cc1. The molecule has 0 heterocycles. The molecule has 0 amide bonds. The molecule has 8 rings (SSSR count). The molecule has 0 radical (unpaired) electrons. The Morgan fingerprint density at radius 3 is 1.25 bits per heavy atom. The fraction of sp³-hybridized carbons (Fsp3) is 0.100. The Morgan fingerprint density at radius 1 is 0.400 bits per heavy atom. The van der Waals surface area contributed by atoms with E-state index in [0.29, 0.717) is 0 Å². The molecular weight excluding hydrogens is 480 g/mol. The summed E-state index contributed by atoms with van der Waals surface area (Å²) in [7, 11) is 0. The predicted molar refractivity (Wildman–Crippen MR) is 173 cm³/mol. The highest BCUT2D eigenvalue weighted by atomic mass is 14.3. The largest absolute Gasteiger partial charge is 0.0616 e. The normalized spacial score (nSPS) is 11.9. The Morgan fingerprint density at radius 2 is 0.825 bits per heavy atom. The Labute approximate surface area is 235 Å². The van der Waals surface area contributed by atoms with E-state index in [1.54, 1.807) is 0 Å². The smallest absolute Gasteiger partial charge is 0.000741 e. The predicted octanol–water partition coefficient (Wildman–Crippen LogP) is 11.3. The van der Waals surface area contributed by atoms with Crippen LogP contribution in [0.15, 0.2) is 121 Å². The van der Waals surface area contributed by atoms with Crippen molar-refractivity contribution in [2.24, 2.45) is 0 Å². The van der Waals surface area contributed by atoms with Gasteiger partial charge in [-0.05, 0) is 113 Å². The van der Waals surface area contributed by atoms with Crippen molar-refractivity contribution in [1.29, 1.82) is 0 Å². The van der Waals surface area contributed by atoms with E-state index >= 15 is 0 Å². The second-order valence-corrected chi connectivity index (χ2v) is 11.1. The summed E-state index contributed by atoms with van der Waals surface area (Å²) in [6, 6.07) is 45.8. The van der Waals surface area contributed by atoms with E-state index in [0.717, 1.165) is 12.8 Å². The first-order valence-electron chi connectivity index (χ1n) is 14.5. The van der Waals surface area contributed by atoms with Crippen LogP contribution in [0.2, 0.25) is 0 Å². The number of rotatable bonds is 4. The molecule has 7 aromatic carbocycles. The molecule has 0 bridgehead atoms. The van der Waals surface area contributed by atoms with Crippen LogP contribution >= 0.6 is 0 Å². The van der Waals surface area contributed by atoms with Crippen LogP contribution in [0.4, 0.5) is 0 Å². The first-order valence-corrected chi connectivity index (χ1v) is 14.5. The molecule has 0 saturated carbocycles. The Hall–Kier alpha value is -4.68. The molecule has 0 saturated heterocycles. The third kappa shape index (κ3) is 3.32. The fourth-order valence-corrected chi connectivity index (χ4v) is 6.88. The maximum atomic E-state index is 2.43. The number of hydrogen-bond acceptors (Lipinski definition) is 0. The van der Waals surface area contributed by atoms with Crippen molar-refractivity contribution < 1.29 is 0 Å². The van der Waals surface area contributed by atoms with Crippen LogP contribution in [0.3, 0.4) is 0 Å². The summed E-state index contributed by atoms with van der Waals surface area (Å²) < 4.78 is 0. The number of aryl methyl sites for hydroxylation is 2. The molecule has 0 N–H and O–H groups in total. The summed E-state index contributed by atoms with van der Waals surface area (Å²) in [6.07, 6.45) is 2.09. The molecule has 0 aromatic heterocycles. The summed E-state index contributed by atoms with van der Waals surface area (Å²) >= 11 is 0. The molecule has 40 heavy (non-hydrogen) atoms. The van der Waals surface area contributed by atoms with Crippen LogP contribution in [-0.4, -0.2) is 0 Å². The van der Waals surface area contributed by atoms with E-state index in [-0.39, 0.29) is 0 Å². The molecule has 1 aliphatic carbocycles. The van der Waals surface area contributed by atoms with Crippen molar-refractivity contribution in [1.82, 2.24) is 0 Å². The third-order valence-electron chi connectivity index (χ3n) is 8.92. The average molecular weight is 511 g/mol. The standard InChI is InChI=1S/C40H30/c1-3-25-15-19-28(20-16-25)37-34-23-30-9-5-6-10-31(30)24-35(34)38(29-21-17-26(4-2)18-22-29)40-33-14-8-12-27-11-7-13-32(36(27)33)39(37)40/h5-24H,3-4H2,1-2H3. The first-order chi connectivity index (χ1) is 19.7. The van der Waals surface area contributed by atoms with Crippen LogP contribution in [0, 0.1) is 0 Å². The molecule has 0 spiro atoms. The zero-order valence-corrected chi connectivity index (χ0v) is 23.0. The van der Waals surface area contributed by atoms with Crippen LogP contribution in [0.5, 0.6) is 0 Å². The second-order valence-electron chi connectivity index (χ2n) is 11.1. The van der Waals surface area contributed by atoms with E-state index in [2.05, 4.69) is 135 Å². The molecule has 0 unspecified atom stereocenters. The van der Waals surface area contributed by atoms with Gasteiger partial charge >= 0.3 is 0 Å². The summed E-state index contributed by atoms with van der Waals surface area (Å²) in [4.78, 5) is 0. The lowest BCUT2D eigenvalue weighted by Gasteiger charge is -2.21. The Bertz CT molecular complexity index is 1940. The van der Waals surface area contributed by atoms with E-state index in [1.165, 1.54) is 88.0 Å². The van der Waals surface area contributed by atoms with Crippen molar-refractivity contribution in [3.63, 3.8) is 0 Å². The van der Waals surface area contributed by atoms with Crippen molar-refractivity contribution in [3.05, 3.63) is 132 Å². The van der Waals surface area contributed by atoms with E-state index in [4.69, 9.17) is 0 Å². The Kier molecular flexibility index (Phi) is 5.19. The van der Waals surface area contributed by atoms with Crippen LogP contribution in [0.1, 0.15) is 25.0 Å². The van der Waals surface area contributed by atoms with Gasteiger partial charge in [-0.3, -0.25) is 0 Å². The highest BCUT2D eigenvalue weighted by Crippen LogP contribution is 2.57. The van der Waals surface area contributed by atoms with Gasteiger partial charge in [0.25, 0.3) is 0 Å². The summed E-state index contributed by atoms with van der Waals surface area (Å²) in [5.74, 6) is 0. The summed E-state index contributed by atoms with van der Waals surface area (Å²) in [5.41, 5.74) is 13.4. The number of fused-ring (bicyclic) bond motifs is 5. The van der Waals surface area contributed by atoms with Gasteiger partial charge in [-0.2, -0.15) is 0 Å². The maximum Gasteiger partial charge on any atom is -0.000741 e. The Balaban J connectivity index is 1.61. The lowest BCUT2D eigenvalue weighted by Crippen LogP contribution is -1.94. The minimum absolute atomic E-state index is 1.04. The molecular formula is C40H30. The van der Waals surface area contributed by atoms with Crippen LogP contribution in [0.25, 0.3) is 76.8 Å². The average Bonchev–Trinajstić information content (AvgIpc) is 3.34. The molecule has 1 aliphatic rings. The number of benzene rings is 7. The van der Waals surface area contributed by atoms with Gasteiger partial charge in [0.2, 0.25) is 0 Å². The van der Waals surface area contributed by atoms with E-state index in [1.807, 2.05) is 0 Å². The minimum atomic E-state index is 1.04. The summed E-state index contributed by atoms with van der Waals surface area (Å²) in [5, 5.41) is 7.88. The van der Waals surface area contributed by atoms with Crippen LogP contribution in [-0.2, 0) is 12.8 Å². The molecule has 0 atom stereocenters. The lowest BCUT2D eigenvalue weighted by atomic mass is 9.81. The van der Waals surface area contributed by atoms with Gasteiger partial charge in [-0.25, -0.2) is 0 Å². The van der Waals surface area contributed by atoms with Gasteiger partial charge < -0.3 is 0 Å². The fourth-order valence-electron chi connectivity index (χ4n) is 6.88. The topological polar surface area (TPSA) is 0 Å². The minimum Gasteiger partial charge on any atom is -0.0616 e. The molecule has 0 nitrogen and oxygen atoms in total. The first kappa shape index (κ1) is 23.2. The number of hydrogen-bond donors (Lipinski definition) is 0. The zero-order chi connectivity index (χ0) is 26.8. The quantitative estimate of drug-likeness (QED) is 0.207. The zero-order valence-electron chi connectivity index (χ0n) is 23.0. The molecule has 0 aliphatic heterocycles. The van der Waals surface area contributed by atoms with Crippen molar-refractivity contribution in [3.8, 4) is 44.5 Å². The second kappa shape index (κ2) is 8.93. The van der Waals surface area contributed by atoms with Gasteiger partial charge in [0.15, 0.2) is 0 Å². The third-order valence-corrected chi connectivity index (χ3v) is 8.92. The van der Waals surface area contributed by atoms with Crippen molar-refractivity contribution in [2.75, 3.05) is 0 Å². The van der Waals surface area contributed by atoms with Gasteiger partial charge in [0, 0.05) is 0 Å². The van der Waals surface area contributed by atoms with Crippen LogP contribution < -0.4 is 0 Å². The highest BCUT2D eigenvalue weighted by molar-refractivity contribution is 6.28. The highest BCUT2D eigenvalue weighted by Gasteiger charge is 2.30.